The molecule has 0 atom stereocenters. The Kier molecular flexibility index (Phi) is 5.80. The standard InChI is InChI=1S/C13H17FN2O3S/c1-3-4-5-6-7-16-20(17,18)10-8-11(14)13(19-2)12(15)9-10/h1,8-9,16H,4-7,15H2,2H3. The van der Waals surface area contributed by atoms with Gasteiger partial charge in [-0.1, -0.05) is 0 Å². The summed E-state index contributed by atoms with van der Waals surface area (Å²) in [6.45, 7) is 0.234. The number of benzene rings is 1. The van der Waals surface area contributed by atoms with Crippen LogP contribution in [0.1, 0.15) is 19.3 Å². The van der Waals surface area contributed by atoms with Crippen molar-refractivity contribution >= 4 is 15.7 Å². The highest BCUT2D eigenvalue weighted by Crippen LogP contribution is 2.28. The van der Waals surface area contributed by atoms with Crippen LogP contribution in [0.5, 0.6) is 5.75 Å². The van der Waals surface area contributed by atoms with E-state index in [1.165, 1.54) is 7.11 Å². The van der Waals surface area contributed by atoms with E-state index in [0.29, 0.717) is 12.8 Å². The topological polar surface area (TPSA) is 81.4 Å². The van der Waals surface area contributed by atoms with Gasteiger partial charge in [-0.15, -0.1) is 12.3 Å². The summed E-state index contributed by atoms with van der Waals surface area (Å²) in [5.74, 6) is 1.48. The first-order chi connectivity index (χ1) is 9.42. The number of anilines is 1. The van der Waals surface area contributed by atoms with Gasteiger partial charge in [0, 0.05) is 13.0 Å². The minimum absolute atomic E-state index is 0.0693. The first kappa shape index (κ1) is 16.3. The van der Waals surface area contributed by atoms with Gasteiger partial charge in [0.15, 0.2) is 11.6 Å². The van der Waals surface area contributed by atoms with Crippen molar-refractivity contribution < 1.29 is 17.5 Å². The van der Waals surface area contributed by atoms with Gasteiger partial charge in [0.1, 0.15) is 0 Å². The maximum absolute atomic E-state index is 13.6. The zero-order chi connectivity index (χ0) is 15.2. The molecule has 5 nitrogen and oxygen atoms in total. The number of ether oxygens (including phenoxy) is 1. The van der Waals surface area contributed by atoms with Crippen LogP contribution in [-0.2, 0) is 10.0 Å². The lowest BCUT2D eigenvalue weighted by Gasteiger charge is -2.10. The highest BCUT2D eigenvalue weighted by molar-refractivity contribution is 7.89. The first-order valence-corrected chi connectivity index (χ1v) is 7.47. The fraction of sp³-hybridized carbons (Fsp3) is 0.385. The predicted molar refractivity (Wildman–Crippen MR) is 75.2 cm³/mol. The van der Waals surface area contributed by atoms with E-state index < -0.39 is 15.8 Å². The second-order valence-electron chi connectivity index (χ2n) is 4.09. The third-order valence-electron chi connectivity index (χ3n) is 2.60. The predicted octanol–water partition coefficient (Wildman–Crippen LogP) is 1.50. The van der Waals surface area contributed by atoms with E-state index in [9.17, 15) is 12.8 Å². The quantitative estimate of drug-likeness (QED) is 0.454. The number of rotatable bonds is 7. The van der Waals surface area contributed by atoms with Crippen molar-refractivity contribution in [3.05, 3.63) is 17.9 Å². The molecule has 0 saturated heterocycles. The van der Waals surface area contributed by atoms with E-state index in [1.54, 1.807) is 0 Å². The first-order valence-electron chi connectivity index (χ1n) is 5.98. The number of sulfonamides is 1. The Morgan fingerprint density at radius 3 is 2.70 bits per heavy atom. The lowest BCUT2D eigenvalue weighted by Crippen LogP contribution is -2.25. The van der Waals surface area contributed by atoms with E-state index in [2.05, 4.69) is 10.6 Å². The van der Waals surface area contributed by atoms with E-state index >= 15 is 0 Å². The molecule has 0 heterocycles. The molecule has 0 unspecified atom stereocenters. The summed E-state index contributed by atoms with van der Waals surface area (Å²) < 4.78 is 44.6. The van der Waals surface area contributed by atoms with Crippen molar-refractivity contribution in [2.75, 3.05) is 19.4 Å². The molecule has 20 heavy (non-hydrogen) atoms. The van der Waals surface area contributed by atoms with Gasteiger partial charge in [-0.2, -0.15) is 0 Å². The summed E-state index contributed by atoms with van der Waals surface area (Å²) in [7, 11) is -2.54. The van der Waals surface area contributed by atoms with Crippen molar-refractivity contribution in [3.63, 3.8) is 0 Å². The van der Waals surface area contributed by atoms with Crippen molar-refractivity contribution in [1.29, 1.82) is 0 Å². The van der Waals surface area contributed by atoms with Crippen LogP contribution in [0, 0.1) is 18.2 Å². The Balaban J connectivity index is 2.81. The van der Waals surface area contributed by atoms with Gasteiger partial charge in [-0.3, -0.25) is 0 Å². The van der Waals surface area contributed by atoms with Crippen LogP contribution in [0.25, 0.3) is 0 Å². The monoisotopic (exact) mass is 300 g/mol. The average Bonchev–Trinajstić information content (AvgIpc) is 2.38. The molecule has 1 aromatic carbocycles. The SMILES string of the molecule is C#CCCCCNS(=O)(=O)c1cc(N)c(OC)c(F)c1. The van der Waals surface area contributed by atoms with Crippen molar-refractivity contribution in [3.8, 4) is 18.1 Å². The largest absolute Gasteiger partial charge is 0.492 e. The second-order valence-corrected chi connectivity index (χ2v) is 5.85. The highest BCUT2D eigenvalue weighted by Gasteiger charge is 2.18. The van der Waals surface area contributed by atoms with Gasteiger partial charge >= 0.3 is 0 Å². The Morgan fingerprint density at radius 1 is 1.45 bits per heavy atom. The number of hydrogen-bond donors (Lipinski definition) is 2. The normalized spacial score (nSPS) is 11.1. The summed E-state index contributed by atoms with van der Waals surface area (Å²) in [5.41, 5.74) is 5.48. The third kappa shape index (κ3) is 4.11. The fourth-order valence-electron chi connectivity index (χ4n) is 1.60. The van der Waals surface area contributed by atoms with Gasteiger partial charge in [-0.25, -0.2) is 17.5 Å². The maximum atomic E-state index is 13.6. The molecular formula is C13H17FN2O3S. The maximum Gasteiger partial charge on any atom is 0.240 e. The average molecular weight is 300 g/mol. The Morgan fingerprint density at radius 2 is 2.15 bits per heavy atom. The molecule has 0 bridgehead atoms. The van der Waals surface area contributed by atoms with E-state index in [0.717, 1.165) is 18.6 Å². The van der Waals surface area contributed by atoms with E-state index in [-0.39, 0.29) is 22.9 Å². The smallest absolute Gasteiger partial charge is 0.240 e. The number of halogens is 1. The minimum atomic E-state index is -3.79. The van der Waals surface area contributed by atoms with Gasteiger partial charge < -0.3 is 10.5 Å². The number of unbranched alkanes of at least 4 members (excludes halogenated alkanes) is 2. The summed E-state index contributed by atoms with van der Waals surface area (Å²) in [6.07, 6.45) is 7.01. The zero-order valence-corrected chi connectivity index (χ0v) is 12.0. The molecule has 7 heteroatoms. The molecule has 3 N–H and O–H groups in total. The van der Waals surface area contributed by atoms with E-state index in [4.69, 9.17) is 16.9 Å². The zero-order valence-electron chi connectivity index (χ0n) is 11.1. The molecule has 0 aliphatic rings. The lowest BCUT2D eigenvalue weighted by atomic mass is 10.2. The molecule has 0 spiro atoms. The molecule has 0 fully saturated rings. The number of methoxy groups -OCH3 is 1. The van der Waals surface area contributed by atoms with Crippen LogP contribution in [0.4, 0.5) is 10.1 Å². The molecule has 0 aromatic heterocycles. The second kappa shape index (κ2) is 7.12. The summed E-state index contributed by atoms with van der Waals surface area (Å²) in [5, 5.41) is 0. The number of nitrogens with two attached hydrogens (primary N) is 1. The lowest BCUT2D eigenvalue weighted by molar-refractivity contribution is 0.388. The van der Waals surface area contributed by atoms with Crippen LogP contribution in [0.3, 0.4) is 0 Å². The highest BCUT2D eigenvalue weighted by atomic mass is 32.2. The van der Waals surface area contributed by atoms with Crippen molar-refractivity contribution in [2.45, 2.75) is 24.2 Å². The number of nitrogens with one attached hydrogen (secondary N) is 1. The van der Waals surface area contributed by atoms with Crippen LogP contribution in [0.2, 0.25) is 0 Å². The molecule has 0 aliphatic carbocycles. The van der Waals surface area contributed by atoms with Crippen LogP contribution >= 0.6 is 0 Å². The van der Waals surface area contributed by atoms with Crippen LogP contribution in [0.15, 0.2) is 17.0 Å². The Hall–Kier alpha value is -1.78. The van der Waals surface area contributed by atoms with Gasteiger partial charge in [0.25, 0.3) is 0 Å². The van der Waals surface area contributed by atoms with Gasteiger partial charge in [-0.05, 0) is 25.0 Å². The molecule has 0 amide bonds. The van der Waals surface area contributed by atoms with Crippen LogP contribution < -0.4 is 15.2 Å². The number of hydrogen-bond acceptors (Lipinski definition) is 4. The fourth-order valence-corrected chi connectivity index (χ4v) is 2.72. The number of terminal acetylenes is 1. The molecule has 0 radical (unpaired) electrons. The number of nitrogen functional groups attached to an aromatic ring is 1. The minimum Gasteiger partial charge on any atom is -0.492 e. The van der Waals surface area contributed by atoms with Gasteiger partial charge in [0.05, 0.1) is 17.7 Å². The van der Waals surface area contributed by atoms with Crippen molar-refractivity contribution in [1.82, 2.24) is 4.72 Å². The van der Waals surface area contributed by atoms with Gasteiger partial charge in [0.2, 0.25) is 10.0 Å². The summed E-state index contributed by atoms with van der Waals surface area (Å²) in [4.78, 5) is -0.231. The summed E-state index contributed by atoms with van der Waals surface area (Å²) in [6, 6.07) is 2.03. The third-order valence-corrected chi connectivity index (χ3v) is 4.04. The molecule has 0 saturated carbocycles. The van der Waals surface area contributed by atoms with E-state index in [1.807, 2.05) is 0 Å². The van der Waals surface area contributed by atoms with Crippen molar-refractivity contribution in [2.24, 2.45) is 0 Å². The Bertz CT molecular complexity index is 586. The molecular weight excluding hydrogens is 283 g/mol. The van der Waals surface area contributed by atoms with Crippen LogP contribution in [-0.4, -0.2) is 22.1 Å². The molecule has 0 aliphatic heterocycles. The Labute approximate surface area is 118 Å². The summed E-state index contributed by atoms with van der Waals surface area (Å²) >= 11 is 0. The molecule has 1 aromatic rings. The molecule has 1 rings (SSSR count). The molecule has 110 valence electrons.